The molecule has 1 saturated heterocycles. The van der Waals surface area contributed by atoms with Gasteiger partial charge in [0.15, 0.2) is 0 Å². The zero-order chi connectivity index (χ0) is 23.0. The Morgan fingerprint density at radius 2 is 1.77 bits per heavy atom. The lowest BCUT2D eigenvalue weighted by molar-refractivity contribution is -0.137. The number of anilines is 1. The predicted molar refractivity (Wildman–Crippen MR) is 108 cm³/mol. The van der Waals surface area contributed by atoms with Crippen LogP contribution in [0.3, 0.4) is 0 Å². The van der Waals surface area contributed by atoms with Crippen molar-refractivity contribution in [1.82, 2.24) is 10.2 Å². The van der Waals surface area contributed by atoms with Crippen LogP contribution in [0.25, 0.3) is 0 Å². The van der Waals surface area contributed by atoms with Crippen LogP contribution in [-0.2, 0) is 21.3 Å². The Hall–Kier alpha value is -3.36. The van der Waals surface area contributed by atoms with Crippen LogP contribution in [-0.4, -0.2) is 29.3 Å². The summed E-state index contributed by atoms with van der Waals surface area (Å²) in [6.45, 7) is 4.98. The molecule has 1 atom stereocenters. The second kappa shape index (κ2) is 8.05. The zero-order valence-corrected chi connectivity index (χ0v) is 17.2. The van der Waals surface area contributed by atoms with Crippen molar-refractivity contribution in [2.24, 2.45) is 0 Å². The average molecular weight is 433 g/mol. The van der Waals surface area contributed by atoms with Gasteiger partial charge in [-0.3, -0.25) is 14.5 Å². The Morgan fingerprint density at radius 3 is 2.35 bits per heavy atom. The number of hydrogen-bond acceptors (Lipinski definition) is 3. The Balaban J connectivity index is 1.73. The van der Waals surface area contributed by atoms with E-state index >= 15 is 0 Å². The van der Waals surface area contributed by atoms with E-state index in [1.807, 2.05) is 26.0 Å². The van der Waals surface area contributed by atoms with Crippen LogP contribution < -0.4 is 10.6 Å². The molecule has 0 saturated carbocycles. The van der Waals surface area contributed by atoms with E-state index in [1.165, 1.54) is 6.07 Å². The number of benzene rings is 2. The summed E-state index contributed by atoms with van der Waals surface area (Å²) in [5.41, 5.74) is -0.711. The Labute approximate surface area is 177 Å². The van der Waals surface area contributed by atoms with Crippen molar-refractivity contribution in [3.63, 3.8) is 0 Å². The van der Waals surface area contributed by atoms with Gasteiger partial charge < -0.3 is 10.6 Å². The summed E-state index contributed by atoms with van der Waals surface area (Å²) in [6.07, 6.45) is -4.56. The minimum Gasteiger partial charge on any atom is -0.325 e. The minimum atomic E-state index is -4.56. The number of carbonyl (C=O) groups is 3. The Bertz CT molecular complexity index is 1020. The fraction of sp³-hybridized carbons (Fsp3) is 0.318. The number of halogens is 3. The normalized spacial score (nSPS) is 19.0. The summed E-state index contributed by atoms with van der Waals surface area (Å²) in [4.78, 5) is 38.4. The first-order valence-electron chi connectivity index (χ1n) is 9.63. The van der Waals surface area contributed by atoms with Gasteiger partial charge in [0.2, 0.25) is 5.91 Å². The number of hydrogen-bond donors (Lipinski definition) is 2. The minimum absolute atomic E-state index is 0.0843. The van der Waals surface area contributed by atoms with Crippen LogP contribution in [0.2, 0.25) is 0 Å². The molecule has 0 spiro atoms. The first-order valence-corrected chi connectivity index (χ1v) is 9.63. The van der Waals surface area contributed by atoms with Crippen LogP contribution in [0.4, 0.5) is 23.7 Å². The molecule has 2 aromatic rings. The van der Waals surface area contributed by atoms with E-state index in [-0.39, 0.29) is 5.69 Å². The van der Waals surface area contributed by atoms with Crippen LogP contribution in [0, 0.1) is 0 Å². The number of urea groups is 1. The summed E-state index contributed by atoms with van der Waals surface area (Å²) in [5, 5.41) is 4.90. The molecule has 1 aliphatic heterocycles. The molecule has 1 unspecified atom stereocenters. The summed E-state index contributed by atoms with van der Waals surface area (Å²) < 4.78 is 38.5. The van der Waals surface area contributed by atoms with Gasteiger partial charge in [-0.05, 0) is 42.2 Å². The maximum absolute atomic E-state index is 12.9. The molecule has 164 valence electrons. The maximum Gasteiger partial charge on any atom is 0.416 e. The lowest BCUT2D eigenvalue weighted by atomic mass is 9.90. The van der Waals surface area contributed by atoms with Gasteiger partial charge >= 0.3 is 12.2 Å². The molecule has 0 aliphatic carbocycles. The van der Waals surface area contributed by atoms with E-state index in [4.69, 9.17) is 0 Å². The third-order valence-corrected chi connectivity index (χ3v) is 5.21. The molecular weight excluding hydrogens is 411 g/mol. The third kappa shape index (κ3) is 4.55. The second-order valence-electron chi connectivity index (χ2n) is 7.85. The van der Waals surface area contributed by atoms with Crippen molar-refractivity contribution in [2.75, 3.05) is 11.9 Å². The topological polar surface area (TPSA) is 78.5 Å². The second-order valence-corrected chi connectivity index (χ2v) is 7.85. The summed E-state index contributed by atoms with van der Waals surface area (Å²) >= 11 is 0. The first kappa shape index (κ1) is 22.3. The molecule has 0 radical (unpaired) electrons. The molecule has 1 aliphatic rings. The van der Waals surface area contributed by atoms with Crippen molar-refractivity contribution in [2.45, 2.75) is 38.4 Å². The Morgan fingerprint density at radius 1 is 1.13 bits per heavy atom. The molecule has 6 nitrogen and oxygen atoms in total. The Kier molecular flexibility index (Phi) is 5.80. The smallest absolute Gasteiger partial charge is 0.325 e. The zero-order valence-electron chi connectivity index (χ0n) is 17.2. The van der Waals surface area contributed by atoms with Gasteiger partial charge in [0.25, 0.3) is 5.91 Å². The molecule has 2 aromatic carbocycles. The van der Waals surface area contributed by atoms with Crippen molar-refractivity contribution in [1.29, 1.82) is 0 Å². The molecule has 1 heterocycles. The lowest BCUT2D eigenvalue weighted by Gasteiger charge is -2.22. The van der Waals surface area contributed by atoms with Crippen LogP contribution in [0.15, 0.2) is 48.5 Å². The summed E-state index contributed by atoms with van der Waals surface area (Å²) in [5.74, 6) is -1.11. The van der Waals surface area contributed by atoms with E-state index in [0.29, 0.717) is 11.5 Å². The first-order chi connectivity index (χ1) is 14.4. The fourth-order valence-corrected chi connectivity index (χ4v) is 3.35. The number of nitrogens with one attached hydrogen (secondary N) is 2. The van der Waals surface area contributed by atoms with Gasteiger partial charge in [0.1, 0.15) is 12.1 Å². The molecule has 31 heavy (non-hydrogen) atoms. The average Bonchev–Trinajstić information content (AvgIpc) is 2.91. The molecule has 0 bridgehead atoms. The van der Waals surface area contributed by atoms with E-state index in [0.717, 1.165) is 28.7 Å². The standard InChI is InChI=1S/C22H22F3N3O3/c1-13(2)14-7-9-15(10-8-14)21(3)19(30)28(20(31)27-21)12-18(29)26-17-6-4-5-16(11-17)22(23,24)25/h4-11,13H,12H2,1-3H3,(H,26,29)(H,27,31). The van der Waals surface area contributed by atoms with Gasteiger partial charge in [-0.1, -0.05) is 44.2 Å². The van der Waals surface area contributed by atoms with Crippen molar-refractivity contribution < 1.29 is 27.6 Å². The molecule has 3 rings (SSSR count). The SMILES string of the molecule is CC(C)c1ccc(C2(C)NC(=O)N(CC(=O)Nc3cccc(C(F)(F)F)c3)C2=O)cc1. The highest BCUT2D eigenvalue weighted by atomic mass is 19.4. The van der Waals surface area contributed by atoms with E-state index in [1.54, 1.807) is 19.1 Å². The van der Waals surface area contributed by atoms with Crippen molar-refractivity contribution in [3.05, 3.63) is 65.2 Å². The number of rotatable bonds is 5. The third-order valence-electron chi connectivity index (χ3n) is 5.21. The van der Waals surface area contributed by atoms with Gasteiger partial charge in [0, 0.05) is 5.69 Å². The summed E-state index contributed by atoms with van der Waals surface area (Å²) in [6, 6.07) is 10.6. The van der Waals surface area contributed by atoms with Gasteiger partial charge in [-0.25, -0.2) is 4.79 Å². The lowest BCUT2D eigenvalue weighted by Crippen LogP contribution is -2.42. The van der Waals surface area contributed by atoms with E-state index in [2.05, 4.69) is 10.6 Å². The molecule has 0 aromatic heterocycles. The number of amides is 4. The molecule has 2 N–H and O–H groups in total. The van der Waals surface area contributed by atoms with Crippen molar-refractivity contribution in [3.8, 4) is 0 Å². The van der Waals surface area contributed by atoms with Gasteiger partial charge in [0.05, 0.1) is 5.56 Å². The van der Waals surface area contributed by atoms with Crippen molar-refractivity contribution >= 4 is 23.5 Å². The number of carbonyl (C=O) groups excluding carboxylic acids is 3. The number of imide groups is 1. The van der Waals surface area contributed by atoms with Crippen LogP contribution in [0.1, 0.15) is 43.4 Å². The highest BCUT2D eigenvalue weighted by Crippen LogP contribution is 2.31. The van der Waals surface area contributed by atoms with Gasteiger partial charge in [-0.15, -0.1) is 0 Å². The largest absolute Gasteiger partial charge is 0.416 e. The fourth-order valence-electron chi connectivity index (χ4n) is 3.35. The van der Waals surface area contributed by atoms with Crippen LogP contribution >= 0.6 is 0 Å². The highest BCUT2D eigenvalue weighted by molar-refractivity contribution is 6.10. The van der Waals surface area contributed by atoms with Crippen LogP contribution in [0.5, 0.6) is 0 Å². The quantitative estimate of drug-likeness (QED) is 0.693. The predicted octanol–water partition coefficient (Wildman–Crippen LogP) is 4.23. The highest BCUT2D eigenvalue weighted by Gasteiger charge is 2.49. The molecule has 9 heteroatoms. The maximum atomic E-state index is 12.9. The monoisotopic (exact) mass is 433 g/mol. The van der Waals surface area contributed by atoms with E-state index < -0.39 is 41.7 Å². The molecular formula is C22H22F3N3O3. The molecule has 4 amide bonds. The summed E-state index contributed by atoms with van der Waals surface area (Å²) in [7, 11) is 0. The number of nitrogens with zero attached hydrogens (tertiary/aromatic N) is 1. The number of alkyl halides is 3. The van der Waals surface area contributed by atoms with E-state index in [9.17, 15) is 27.6 Å². The van der Waals surface area contributed by atoms with Gasteiger partial charge in [-0.2, -0.15) is 13.2 Å². The molecule has 1 fully saturated rings.